The summed E-state index contributed by atoms with van der Waals surface area (Å²) in [7, 11) is 3.45. The van der Waals surface area contributed by atoms with Crippen LogP contribution in [0.15, 0.2) is 39.1 Å². The van der Waals surface area contributed by atoms with Crippen molar-refractivity contribution in [2.24, 2.45) is 4.99 Å². The van der Waals surface area contributed by atoms with Crippen LogP contribution in [0.2, 0.25) is 0 Å². The summed E-state index contributed by atoms with van der Waals surface area (Å²) in [6.45, 7) is 4.76. The lowest BCUT2D eigenvalue weighted by Gasteiger charge is -2.17. The first-order chi connectivity index (χ1) is 12.0. The third-order valence-electron chi connectivity index (χ3n) is 3.66. The molecule has 136 valence electrons. The summed E-state index contributed by atoms with van der Waals surface area (Å²) in [6, 6.07) is 7.99. The number of hydrogen-bond donors (Lipinski definition) is 2. The van der Waals surface area contributed by atoms with Gasteiger partial charge in [-0.1, -0.05) is 6.07 Å². The van der Waals surface area contributed by atoms with Gasteiger partial charge in [0.25, 0.3) is 0 Å². The minimum absolute atomic E-state index is 0.0409. The number of aliphatic imine (C=N–C) groups is 1. The third-order valence-corrected chi connectivity index (χ3v) is 4.59. The summed E-state index contributed by atoms with van der Waals surface area (Å²) in [5.74, 6) is 2.27. The van der Waals surface area contributed by atoms with Gasteiger partial charge >= 0.3 is 0 Å². The Kier molecular flexibility index (Phi) is 7.06. The van der Waals surface area contributed by atoms with E-state index in [1.54, 1.807) is 25.4 Å². The van der Waals surface area contributed by atoms with Crippen LogP contribution in [0.5, 0.6) is 0 Å². The topological polar surface area (TPSA) is 69.9 Å². The quantitative estimate of drug-likeness (QED) is 0.587. The average molecular weight is 362 g/mol. The van der Waals surface area contributed by atoms with Gasteiger partial charge in [-0.15, -0.1) is 11.3 Å². The lowest BCUT2D eigenvalue weighted by molar-refractivity contribution is -0.127. The number of rotatable bonds is 7. The molecule has 1 amide bonds. The highest BCUT2D eigenvalue weighted by Crippen LogP contribution is 2.15. The Balaban J connectivity index is 1.97. The van der Waals surface area contributed by atoms with Gasteiger partial charge in [-0.25, -0.2) is 4.99 Å². The summed E-state index contributed by atoms with van der Waals surface area (Å²) >= 11 is 1.73. The van der Waals surface area contributed by atoms with Crippen molar-refractivity contribution in [1.82, 2.24) is 15.5 Å². The maximum Gasteiger partial charge on any atom is 0.243 e. The Morgan fingerprint density at radius 1 is 1.36 bits per heavy atom. The molecule has 1 unspecified atom stereocenters. The average Bonchev–Trinajstić information content (AvgIpc) is 3.23. The maximum atomic E-state index is 11.8. The van der Waals surface area contributed by atoms with Crippen LogP contribution in [0.1, 0.15) is 29.4 Å². The summed E-state index contributed by atoms with van der Waals surface area (Å²) in [4.78, 5) is 19.1. The van der Waals surface area contributed by atoms with E-state index < -0.39 is 0 Å². The molecule has 0 aliphatic heterocycles. The number of aryl methyl sites for hydroxylation is 1. The molecule has 6 nitrogen and oxygen atoms in total. The molecule has 0 fully saturated rings. The first kappa shape index (κ1) is 19.1. The number of amides is 1. The summed E-state index contributed by atoms with van der Waals surface area (Å²) in [5, 5.41) is 8.66. The fourth-order valence-electron chi connectivity index (χ4n) is 2.16. The van der Waals surface area contributed by atoms with E-state index in [1.807, 2.05) is 32.0 Å². The lowest BCUT2D eigenvalue weighted by Crippen LogP contribution is -2.40. The number of hydrogen-bond acceptors (Lipinski definition) is 4. The molecule has 1 atom stereocenters. The SMILES string of the molecule is Cc1ccc(C(C)NC(=NCC(=O)N(C)C)NCCc2cccs2)o1. The minimum Gasteiger partial charge on any atom is -0.464 e. The molecule has 0 bridgehead atoms. The van der Waals surface area contributed by atoms with Crippen LogP contribution < -0.4 is 10.6 Å². The van der Waals surface area contributed by atoms with E-state index in [0.717, 1.165) is 24.5 Å². The Morgan fingerprint density at radius 3 is 2.76 bits per heavy atom. The van der Waals surface area contributed by atoms with E-state index in [2.05, 4.69) is 27.1 Å². The van der Waals surface area contributed by atoms with E-state index in [1.165, 1.54) is 9.78 Å². The Hall–Kier alpha value is -2.28. The van der Waals surface area contributed by atoms with Crippen LogP contribution in [-0.4, -0.2) is 44.0 Å². The second-order valence-corrected chi connectivity index (χ2v) is 7.06. The van der Waals surface area contributed by atoms with E-state index >= 15 is 0 Å². The number of likely N-dealkylation sites (N-methyl/N-ethyl adjacent to an activating group) is 1. The van der Waals surface area contributed by atoms with Crippen LogP contribution in [-0.2, 0) is 11.2 Å². The molecular formula is C18H26N4O2S. The number of nitrogens with zero attached hydrogens (tertiary/aromatic N) is 2. The second kappa shape index (κ2) is 9.27. The Bertz CT molecular complexity index is 692. The second-order valence-electron chi connectivity index (χ2n) is 6.02. The van der Waals surface area contributed by atoms with Gasteiger partial charge in [-0.3, -0.25) is 4.79 Å². The van der Waals surface area contributed by atoms with Crippen molar-refractivity contribution in [3.63, 3.8) is 0 Å². The van der Waals surface area contributed by atoms with Crippen LogP contribution in [0.4, 0.5) is 0 Å². The standard InChI is InChI=1S/C18H26N4O2S/c1-13-7-8-16(24-13)14(2)21-18(20-12-17(23)22(3)4)19-10-9-15-6-5-11-25-15/h5-8,11,14H,9-10,12H2,1-4H3,(H2,19,20,21). The Morgan fingerprint density at radius 2 is 2.16 bits per heavy atom. The fourth-order valence-corrected chi connectivity index (χ4v) is 2.87. The lowest BCUT2D eigenvalue weighted by atomic mass is 10.2. The molecule has 2 aromatic heterocycles. The molecule has 2 N–H and O–H groups in total. The van der Waals surface area contributed by atoms with E-state index in [9.17, 15) is 4.79 Å². The summed E-state index contributed by atoms with van der Waals surface area (Å²) < 4.78 is 5.65. The van der Waals surface area contributed by atoms with Gasteiger partial charge in [0.1, 0.15) is 18.1 Å². The number of nitrogens with one attached hydrogen (secondary N) is 2. The number of carbonyl (C=O) groups excluding carboxylic acids is 1. The summed E-state index contributed by atoms with van der Waals surface area (Å²) in [5.41, 5.74) is 0. The van der Waals surface area contributed by atoms with Gasteiger partial charge in [0.2, 0.25) is 5.91 Å². The van der Waals surface area contributed by atoms with Gasteiger partial charge < -0.3 is 20.0 Å². The fraction of sp³-hybridized carbons (Fsp3) is 0.444. The molecule has 7 heteroatoms. The van der Waals surface area contributed by atoms with Crippen molar-refractivity contribution in [2.45, 2.75) is 26.3 Å². The van der Waals surface area contributed by atoms with Gasteiger partial charge in [0.05, 0.1) is 6.04 Å². The number of carbonyl (C=O) groups is 1. The van der Waals surface area contributed by atoms with Gasteiger partial charge in [0.15, 0.2) is 5.96 Å². The highest BCUT2D eigenvalue weighted by Gasteiger charge is 2.12. The molecule has 0 aromatic carbocycles. The molecule has 25 heavy (non-hydrogen) atoms. The molecule has 0 aliphatic rings. The molecule has 0 saturated carbocycles. The number of guanidine groups is 1. The van der Waals surface area contributed by atoms with Crippen LogP contribution in [0, 0.1) is 6.92 Å². The number of thiophene rings is 1. The van der Waals surface area contributed by atoms with E-state index in [-0.39, 0.29) is 18.5 Å². The zero-order chi connectivity index (χ0) is 18.2. The molecule has 0 radical (unpaired) electrons. The molecule has 0 saturated heterocycles. The van der Waals surface area contributed by atoms with Gasteiger partial charge in [-0.05, 0) is 43.8 Å². The summed E-state index contributed by atoms with van der Waals surface area (Å²) in [6.07, 6.45) is 0.911. The molecule has 0 aliphatic carbocycles. The number of furan rings is 1. The monoisotopic (exact) mass is 362 g/mol. The zero-order valence-corrected chi connectivity index (χ0v) is 16.0. The molecular weight excluding hydrogens is 336 g/mol. The van der Waals surface area contributed by atoms with Crippen molar-refractivity contribution in [2.75, 3.05) is 27.2 Å². The van der Waals surface area contributed by atoms with Crippen molar-refractivity contribution in [3.05, 3.63) is 46.0 Å². The third kappa shape index (κ3) is 6.26. The first-order valence-electron chi connectivity index (χ1n) is 8.29. The Labute approximate surface area is 152 Å². The van der Waals surface area contributed by atoms with Gasteiger partial charge in [-0.2, -0.15) is 0 Å². The highest BCUT2D eigenvalue weighted by atomic mass is 32.1. The van der Waals surface area contributed by atoms with Crippen LogP contribution >= 0.6 is 11.3 Å². The van der Waals surface area contributed by atoms with E-state index in [4.69, 9.17) is 4.42 Å². The van der Waals surface area contributed by atoms with Crippen molar-refractivity contribution < 1.29 is 9.21 Å². The van der Waals surface area contributed by atoms with Crippen LogP contribution in [0.25, 0.3) is 0 Å². The molecule has 2 rings (SSSR count). The predicted molar refractivity (Wildman–Crippen MR) is 102 cm³/mol. The van der Waals surface area contributed by atoms with Crippen molar-refractivity contribution in [1.29, 1.82) is 0 Å². The maximum absolute atomic E-state index is 11.8. The molecule has 0 spiro atoms. The smallest absolute Gasteiger partial charge is 0.243 e. The molecule has 2 aromatic rings. The highest BCUT2D eigenvalue weighted by molar-refractivity contribution is 7.09. The van der Waals surface area contributed by atoms with Crippen molar-refractivity contribution >= 4 is 23.2 Å². The molecule has 2 heterocycles. The van der Waals surface area contributed by atoms with E-state index in [0.29, 0.717) is 5.96 Å². The first-order valence-corrected chi connectivity index (χ1v) is 9.17. The van der Waals surface area contributed by atoms with Crippen LogP contribution in [0.3, 0.4) is 0 Å². The minimum atomic E-state index is -0.0452. The predicted octanol–water partition coefficient (Wildman–Crippen LogP) is 2.58. The normalized spacial score (nSPS) is 12.7. The van der Waals surface area contributed by atoms with Gasteiger partial charge in [0, 0.05) is 25.5 Å². The zero-order valence-electron chi connectivity index (χ0n) is 15.2. The van der Waals surface area contributed by atoms with Crippen molar-refractivity contribution in [3.8, 4) is 0 Å². The largest absolute Gasteiger partial charge is 0.464 e.